The van der Waals surface area contributed by atoms with E-state index in [0.717, 1.165) is 49.0 Å². The molecule has 1 aromatic heterocycles. The van der Waals surface area contributed by atoms with Crippen molar-refractivity contribution in [2.24, 2.45) is 0 Å². The van der Waals surface area contributed by atoms with Gasteiger partial charge in [-0.1, -0.05) is 18.6 Å². The standard InChI is InChI=1S/C19H26FN3O2/c1-13-16(15-6-4-7-17(20)19(15)22-13)11-18(25)21-8-10-23-9-3-2-5-14(23)12-24/h4,6-7,14,22,24H,2-3,5,8-12H2,1H3,(H,21,25). The molecule has 0 aliphatic carbocycles. The van der Waals surface area contributed by atoms with E-state index >= 15 is 0 Å². The Morgan fingerprint density at radius 2 is 2.28 bits per heavy atom. The third kappa shape index (κ3) is 4.02. The van der Waals surface area contributed by atoms with Crippen molar-refractivity contribution >= 4 is 16.8 Å². The number of carbonyl (C=O) groups excluding carboxylic acids is 1. The van der Waals surface area contributed by atoms with Gasteiger partial charge in [0, 0.05) is 30.2 Å². The fourth-order valence-corrected chi connectivity index (χ4v) is 3.72. The van der Waals surface area contributed by atoms with Crippen molar-refractivity contribution in [1.29, 1.82) is 0 Å². The van der Waals surface area contributed by atoms with Crippen LogP contribution in [-0.4, -0.2) is 53.2 Å². The maximum absolute atomic E-state index is 13.8. The summed E-state index contributed by atoms with van der Waals surface area (Å²) in [5.41, 5.74) is 2.13. The number of piperidine rings is 1. The molecule has 1 unspecified atom stereocenters. The number of nitrogens with one attached hydrogen (secondary N) is 2. The Balaban J connectivity index is 1.56. The van der Waals surface area contributed by atoms with Gasteiger partial charge in [0.05, 0.1) is 18.5 Å². The number of aliphatic hydroxyl groups excluding tert-OH is 1. The minimum absolute atomic E-state index is 0.0641. The van der Waals surface area contributed by atoms with Crippen LogP contribution in [0.4, 0.5) is 4.39 Å². The van der Waals surface area contributed by atoms with Crippen molar-refractivity contribution in [3.05, 3.63) is 35.3 Å². The lowest BCUT2D eigenvalue weighted by atomic mass is 10.0. The van der Waals surface area contributed by atoms with Crippen molar-refractivity contribution in [3.8, 4) is 0 Å². The summed E-state index contributed by atoms with van der Waals surface area (Å²) in [5, 5.41) is 13.1. The quantitative estimate of drug-likeness (QED) is 0.750. The number of fused-ring (bicyclic) bond motifs is 1. The molecule has 5 nitrogen and oxygen atoms in total. The summed E-state index contributed by atoms with van der Waals surface area (Å²) < 4.78 is 13.8. The lowest BCUT2D eigenvalue weighted by Gasteiger charge is -2.34. The summed E-state index contributed by atoms with van der Waals surface area (Å²) in [5.74, 6) is -0.363. The van der Waals surface area contributed by atoms with Crippen LogP contribution in [0.2, 0.25) is 0 Å². The molecule has 0 radical (unpaired) electrons. The van der Waals surface area contributed by atoms with Crippen LogP contribution in [0.1, 0.15) is 30.5 Å². The van der Waals surface area contributed by atoms with Crippen LogP contribution in [0.5, 0.6) is 0 Å². The van der Waals surface area contributed by atoms with Gasteiger partial charge in [0.1, 0.15) is 5.82 Å². The second-order valence-electron chi connectivity index (χ2n) is 6.79. The van der Waals surface area contributed by atoms with Crippen molar-refractivity contribution < 1.29 is 14.3 Å². The maximum atomic E-state index is 13.8. The van der Waals surface area contributed by atoms with Crippen LogP contribution in [0, 0.1) is 12.7 Å². The van der Waals surface area contributed by atoms with E-state index in [1.54, 1.807) is 6.07 Å². The fourth-order valence-electron chi connectivity index (χ4n) is 3.72. The number of aryl methyl sites for hydroxylation is 1. The Hall–Kier alpha value is -1.92. The van der Waals surface area contributed by atoms with E-state index in [1.807, 2.05) is 13.0 Å². The number of aliphatic hydroxyl groups is 1. The number of halogens is 1. The molecule has 0 saturated carbocycles. The second-order valence-corrected chi connectivity index (χ2v) is 6.79. The minimum atomic E-state index is -0.299. The Morgan fingerprint density at radius 1 is 1.44 bits per heavy atom. The zero-order valence-electron chi connectivity index (χ0n) is 14.6. The average molecular weight is 347 g/mol. The lowest BCUT2D eigenvalue weighted by molar-refractivity contribution is -0.120. The van der Waals surface area contributed by atoms with Gasteiger partial charge in [0.15, 0.2) is 0 Å². The highest BCUT2D eigenvalue weighted by molar-refractivity contribution is 5.90. The maximum Gasteiger partial charge on any atom is 0.224 e. The van der Waals surface area contributed by atoms with E-state index in [2.05, 4.69) is 15.2 Å². The van der Waals surface area contributed by atoms with E-state index in [0.29, 0.717) is 12.1 Å². The molecule has 1 atom stereocenters. The predicted molar refractivity (Wildman–Crippen MR) is 96.0 cm³/mol. The Morgan fingerprint density at radius 3 is 3.08 bits per heavy atom. The van der Waals surface area contributed by atoms with Crippen molar-refractivity contribution in [2.75, 3.05) is 26.2 Å². The number of aromatic nitrogens is 1. The summed E-state index contributed by atoms with van der Waals surface area (Å²) >= 11 is 0. The molecule has 0 bridgehead atoms. The fraction of sp³-hybridized carbons (Fsp3) is 0.526. The van der Waals surface area contributed by atoms with Crippen LogP contribution in [-0.2, 0) is 11.2 Å². The third-order valence-electron chi connectivity index (χ3n) is 5.12. The molecule has 1 amide bonds. The number of H-pyrrole nitrogens is 1. The molecule has 1 fully saturated rings. The molecular weight excluding hydrogens is 321 g/mol. The number of amides is 1. The van der Waals surface area contributed by atoms with Gasteiger partial charge in [-0.3, -0.25) is 9.69 Å². The number of hydrogen-bond acceptors (Lipinski definition) is 3. The summed E-state index contributed by atoms with van der Waals surface area (Å²) in [6.45, 7) is 4.32. The van der Waals surface area contributed by atoms with E-state index in [-0.39, 0.29) is 30.8 Å². The van der Waals surface area contributed by atoms with Crippen molar-refractivity contribution in [2.45, 2.75) is 38.6 Å². The molecule has 1 aliphatic heterocycles. The van der Waals surface area contributed by atoms with Gasteiger partial charge in [-0.2, -0.15) is 0 Å². The summed E-state index contributed by atoms with van der Waals surface area (Å²) in [7, 11) is 0. The van der Waals surface area contributed by atoms with Crippen LogP contribution in [0.25, 0.3) is 10.9 Å². The van der Waals surface area contributed by atoms with E-state index < -0.39 is 0 Å². The smallest absolute Gasteiger partial charge is 0.224 e. The van der Waals surface area contributed by atoms with Crippen molar-refractivity contribution in [1.82, 2.24) is 15.2 Å². The van der Waals surface area contributed by atoms with Crippen LogP contribution in [0.3, 0.4) is 0 Å². The van der Waals surface area contributed by atoms with Gasteiger partial charge >= 0.3 is 0 Å². The monoisotopic (exact) mass is 347 g/mol. The molecule has 1 aliphatic rings. The molecule has 0 spiro atoms. The Kier molecular flexibility index (Phi) is 5.71. The van der Waals surface area contributed by atoms with Gasteiger partial charge < -0.3 is 15.4 Å². The number of para-hydroxylation sites is 1. The first-order chi connectivity index (χ1) is 12.1. The number of nitrogens with zero attached hydrogens (tertiary/aromatic N) is 1. The number of carbonyl (C=O) groups is 1. The first kappa shape index (κ1) is 17.9. The molecule has 136 valence electrons. The van der Waals surface area contributed by atoms with Gasteiger partial charge in [0.2, 0.25) is 5.91 Å². The highest BCUT2D eigenvalue weighted by atomic mass is 19.1. The highest BCUT2D eigenvalue weighted by Gasteiger charge is 2.21. The molecule has 6 heteroatoms. The van der Waals surface area contributed by atoms with Crippen LogP contribution >= 0.6 is 0 Å². The molecule has 3 rings (SSSR count). The largest absolute Gasteiger partial charge is 0.395 e. The number of aromatic amines is 1. The number of benzene rings is 1. The zero-order chi connectivity index (χ0) is 17.8. The third-order valence-corrected chi connectivity index (χ3v) is 5.12. The predicted octanol–water partition coefficient (Wildman–Crippen LogP) is 2.12. The Bertz CT molecular complexity index is 744. The zero-order valence-corrected chi connectivity index (χ0v) is 14.6. The summed E-state index contributed by atoms with van der Waals surface area (Å²) in [6.07, 6.45) is 3.55. The first-order valence-corrected chi connectivity index (χ1v) is 8.97. The summed E-state index contributed by atoms with van der Waals surface area (Å²) in [4.78, 5) is 17.6. The van der Waals surface area contributed by atoms with E-state index in [9.17, 15) is 14.3 Å². The molecule has 25 heavy (non-hydrogen) atoms. The molecular formula is C19H26FN3O2. The lowest BCUT2D eigenvalue weighted by Crippen LogP contribution is -2.45. The van der Waals surface area contributed by atoms with Crippen molar-refractivity contribution in [3.63, 3.8) is 0 Å². The molecule has 1 saturated heterocycles. The minimum Gasteiger partial charge on any atom is -0.395 e. The number of rotatable bonds is 6. The van der Waals surface area contributed by atoms with Gasteiger partial charge in [-0.25, -0.2) is 4.39 Å². The van der Waals surface area contributed by atoms with Gasteiger partial charge in [0.25, 0.3) is 0 Å². The SMILES string of the molecule is Cc1[nH]c2c(F)cccc2c1CC(=O)NCCN1CCCCC1CO. The van der Waals surface area contributed by atoms with Crippen LogP contribution < -0.4 is 5.32 Å². The van der Waals surface area contributed by atoms with E-state index in [1.165, 1.54) is 6.07 Å². The first-order valence-electron chi connectivity index (χ1n) is 8.97. The average Bonchev–Trinajstić information content (AvgIpc) is 2.93. The van der Waals surface area contributed by atoms with Gasteiger partial charge in [-0.05, 0) is 37.9 Å². The highest BCUT2D eigenvalue weighted by Crippen LogP contribution is 2.24. The molecule has 1 aromatic carbocycles. The van der Waals surface area contributed by atoms with E-state index in [4.69, 9.17) is 0 Å². The normalized spacial score (nSPS) is 18.6. The molecule has 3 N–H and O–H groups in total. The summed E-state index contributed by atoms with van der Waals surface area (Å²) in [6, 6.07) is 5.13. The Labute approximate surface area is 147 Å². The van der Waals surface area contributed by atoms with Gasteiger partial charge in [-0.15, -0.1) is 0 Å². The second kappa shape index (κ2) is 7.97. The number of likely N-dealkylation sites (tertiary alicyclic amines) is 1. The molecule has 2 aromatic rings. The number of hydrogen-bond donors (Lipinski definition) is 3. The molecule has 2 heterocycles. The van der Waals surface area contributed by atoms with Crippen LogP contribution in [0.15, 0.2) is 18.2 Å². The topological polar surface area (TPSA) is 68.4 Å².